The number of ether oxygens (including phenoxy) is 1. The van der Waals surface area contributed by atoms with Gasteiger partial charge in [-0.25, -0.2) is 0 Å². The van der Waals surface area contributed by atoms with E-state index in [9.17, 15) is 4.79 Å². The van der Waals surface area contributed by atoms with Crippen molar-refractivity contribution in [1.29, 1.82) is 0 Å². The third-order valence-electron chi connectivity index (χ3n) is 2.35. The van der Waals surface area contributed by atoms with Crippen molar-refractivity contribution >= 4 is 5.78 Å². The van der Waals surface area contributed by atoms with Crippen LogP contribution in [0.2, 0.25) is 0 Å². The van der Waals surface area contributed by atoms with E-state index in [0.29, 0.717) is 25.4 Å². The molecule has 58 valence electrons. The SMILES string of the molecule is CCC(=O)C1(CC)COC1. The molecule has 10 heavy (non-hydrogen) atoms. The van der Waals surface area contributed by atoms with Gasteiger partial charge in [-0.2, -0.15) is 0 Å². The van der Waals surface area contributed by atoms with Crippen molar-refractivity contribution in [2.24, 2.45) is 5.41 Å². The number of rotatable bonds is 3. The fraction of sp³-hybridized carbons (Fsp3) is 0.875. The third kappa shape index (κ3) is 0.966. The van der Waals surface area contributed by atoms with Crippen LogP contribution in [-0.2, 0) is 9.53 Å². The lowest BCUT2D eigenvalue weighted by Gasteiger charge is -2.38. The van der Waals surface area contributed by atoms with E-state index in [0.717, 1.165) is 6.42 Å². The minimum atomic E-state index is -0.0885. The molecule has 0 aromatic heterocycles. The van der Waals surface area contributed by atoms with Crippen LogP contribution >= 0.6 is 0 Å². The lowest BCUT2D eigenvalue weighted by Crippen LogP contribution is -2.48. The Labute approximate surface area is 61.6 Å². The van der Waals surface area contributed by atoms with Crippen LogP contribution in [0.15, 0.2) is 0 Å². The zero-order chi connectivity index (χ0) is 7.61. The van der Waals surface area contributed by atoms with Crippen LogP contribution in [0.25, 0.3) is 0 Å². The molecule has 1 aliphatic rings. The summed E-state index contributed by atoms with van der Waals surface area (Å²) >= 11 is 0. The Morgan fingerprint density at radius 3 is 2.20 bits per heavy atom. The predicted molar refractivity (Wildman–Crippen MR) is 38.8 cm³/mol. The highest BCUT2D eigenvalue weighted by atomic mass is 16.5. The maximum atomic E-state index is 11.3. The molecule has 0 N–H and O–H groups in total. The van der Waals surface area contributed by atoms with Gasteiger partial charge in [0.15, 0.2) is 0 Å². The van der Waals surface area contributed by atoms with Crippen LogP contribution in [-0.4, -0.2) is 19.0 Å². The van der Waals surface area contributed by atoms with Crippen LogP contribution in [0, 0.1) is 5.41 Å². The lowest BCUT2D eigenvalue weighted by molar-refractivity contribution is -0.159. The molecule has 0 atom stereocenters. The molecule has 1 saturated heterocycles. The van der Waals surface area contributed by atoms with Gasteiger partial charge in [-0.1, -0.05) is 13.8 Å². The van der Waals surface area contributed by atoms with Gasteiger partial charge >= 0.3 is 0 Å². The monoisotopic (exact) mass is 142 g/mol. The van der Waals surface area contributed by atoms with Crippen LogP contribution < -0.4 is 0 Å². The van der Waals surface area contributed by atoms with E-state index < -0.39 is 0 Å². The molecule has 0 saturated carbocycles. The first-order chi connectivity index (χ1) is 4.75. The van der Waals surface area contributed by atoms with Gasteiger partial charge in [0.2, 0.25) is 0 Å². The van der Waals surface area contributed by atoms with Crippen LogP contribution in [0.4, 0.5) is 0 Å². The number of hydrogen-bond donors (Lipinski definition) is 0. The fourth-order valence-corrected chi connectivity index (χ4v) is 1.29. The third-order valence-corrected chi connectivity index (χ3v) is 2.35. The summed E-state index contributed by atoms with van der Waals surface area (Å²) in [6, 6.07) is 0. The molecular weight excluding hydrogens is 128 g/mol. The minimum Gasteiger partial charge on any atom is -0.379 e. The van der Waals surface area contributed by atoms with Crippen molar-refractivity contribution in [2.45, 2.75) is 26.7 Å². The topological polar surface area (TPSA) is 26.3 Å². The summed E-state index contributed by atoms with van der Waals surface area (Å²) in [4.78, 5) is 11.3. The highest BCUT2D eigenvalue weighted by Gasteiger charge is 2.42. The Balaban J connectivity index is 2.55. The van der Waals surface area contributed by atoms with E-state index in [1.807, 2.05) is 6.92 Å². The average Bonchev–Trinajstić information content (AvgIpc) is 1.86. The molecular formula is C8H14O2. The van der Waals surface area contributed by atoms with E-state index in [2.05, 4.69) is 6.92 Å². The summed E-state index contributed by atoms with van der Waals surface area (Å²) in [5.74, 6) is 0.362. The molecule has 1 heterocycles. The maximum absolute atomic E-state index is 11.3. The van der Waals surface area contributed by atoms with Crippen LogP contribution in [0.3, 0.4) is 0 Å². The normalized spacial score (nSPS) is 21.8. The molecule has 0 unspecified atom stereocenters. The molecule has 1 fully saturated rings. The molecule has 0 aliphatic carbocycles. The van der Waals surface area contributed by atoms with Crippen molar-refractivity contribution in [2.75, 3.05) is 13.2 Å². The average molecular weight is 142 g/mol. The Bertz CT molecular complexity index is 131. The Kier molecular flexibility index (Phi) is 2.09. The second-order valence-electron chi connectivity index (χ2n) is 2.90. The molecule has 0 radical (unpaired) electrons. The largest absolute Gasteiger partial charge is 0.379 e. The predicted octanol–water partition coefficient (Wildman–Crippen LogP) is 1.39. The zero-order valence-electron chi connectivity index (χ0n) is 6.64. The standard InChI is InChI=1S/C8H14O2/c1-3-7(9)8(4-2)5-10-6-8/h3-6H2,1-2H3. The quantitative estimate of drug-likeness (QED) is 0.595. The Hall–Kier alpha value is -0.370. The first-order valence-electron chi connectivity index (χ1n) is 3.86. The van der Waals surface area contributed by atoms with E-state index in [1.54, 1.807) is 0 Å². The molecule has 0 spiro atoms. The highest BCUT2D eigenvalue weighted by Crippen LogP contribution is 2.32. The van der Waals surface area contributed by atoms with E-state index in [4.69, 9.17) is 4.74 Å². The van der Waals surface area contributed by atoms with Gasteiger partial charge < -0.3 is 4.74 Å². The first kappa shape index (κ1) is 7.73. The van der Waals surface area contributed by atoms with Crippen molar-refractivity contribution in [3.8, 4) is 0 Å². The first-order valence-corrected chi connectivity index (χ1v) is 3.86. The number of hydrogen-bond acceptors (Lipinski definition) is 2. The minimum absolute atomic E-state index is 0.0885. The number of carbonyl (C=O) groups excluding carboxylic acids is 1. The summed E-state index contributed by atoms with van der Waals surface area (Å²) < 4.78 is 5.03. The van der Waals surface area contributed by atoms with Crippen molar-refractivity contribution in [1.82, 2.24) is 0 Å². The maximum Gasteiger partial charge on any atom is 0.143 e. The van der Waals surface area contributed by atoms with Crippen LogP contribution in [0.1, 0.15) is 26.7 Å². The molecule has 0 bridgehead atoms. The molecule has 2 heteroatoms. The van der Waals surface area contributed by atoms with Gasteiger partial charge in [-0.05, 0) is 6.42 Å². The molecule has 0 aromatic carbocycles. The van der Waals surface area contributed by atoms with Crippen molar-refractivity contribution in [3.63, 3.8) is 0 Å². The highest BCUT2D eigenvalue weighted by molar-refractivity contribution is 5.85. The van der Waals surface area contributed by atoms with Crippen molar-refractivity contribution < 1.29 is 9.53 Å². The van der Waals surface area contributed by atoms with Gasteiger partial charge in [0.25, 0.3) is 0 Å². The van der Waals surface area contributed by atoms with Crippen LogP contribution in [0.5, 0.6) is 0 Å². The van der Waals surface area contributed by atoms with Gasteiger partial charge in [0.1, 0.15) is 5.78 Å². The van der Waals surface area contributed by atoms with Gasteiger partial charge in [-0.3, -0.25) is 4.79 Å². The van der Waals surface area contributed by atoms with E-state index >= 15 is 0 Å². The number of Topliss-reactive ketones (excluding diaryl/α,β-unsaturated/α-hetero) is 1. The molecule has 1 aliphatic heterocycles. The lowest BCUT2D eigenvalue weighted by atomic mass is 9.78. The summed E-state index contributed by atoms with van der Waals surface area (Å²) in [6.45, 7) is 5.26. The smallest absolute Gasteiger partial charge is 0.143 e. The summed E-state index contributed by atoms with van der Waals surface area (Å²) in [5, 5.41) is 0. The summed E-state index contributed by atoms with van der Waals surface area (Å²) in [5.41, 5.74) is -0.0885. The van der Waals surface area contributed by atoms with Gasteiger partial charge in [0, 0.05) is 6.42 Å². The Morgan fingerprint density at radius 2 is 2.10 bits per heavy atom. The summed E-state index contributed by atoms with van der Waals surface area (Å²) in [6.07, 6.45) is 1.58. The second-order valence-corrected chi connectivity index (χ2v) is 2.90. The number of ketones is 1. The molecule has 1 rings (SSSR count). The van der Waals surface area contributed by atoms with E-state index in [1.165, 1.54) is 0 Å². The molecule has 0 amide bonds. The molecule has 2 nitrogen and oxygen atoms in total. The number of carbonyl (C=O) groups is 1. The zero-order valence-corrected chi connectivity index (χ0v) is 6.64. The molecule has 0 aromatic rings. The summed E-state index contributed by atoms with van der Waals surface area (Å²) in [7, 11) is 0. The van der Waals surface area contributed by atoms with Gasteiger partial charge in [0.05, 0.1) is 18.6 Å². The Morgan fingerprint density at radius 1 is 1.50 bits per heavy atom. The second kappa shape index (κ2) is 2.70. The fourth-order valence-electron chi connectivity index (χ4n) is 1.29. The van der Waals surface area contributed by atoms with Crippen molar-refractivity contribution in [3.05, 3.63) is 0 Å². The van der Waals surface area contributed by atoms with E-state index in [-0.39, 0.29) is 5.41 Å². The van der Waals surface area contributed by atoms with Gasteiger partial charge in [-0.15, -0.1) is 0 Å².